The Kier molecular flexibility index (Phi) is 5.34. The number of carboxylic acid groups (broad SMARTS) is 1. The first-order valence-electron chi connectivity index (χ1n) is 6.60. The van der Waals surface area contributed by atoms with E-state index in [1.165, 1.54) is 0 Å². The molecular formula is C13H21N3O4. The summed E-state index contributed by atoms with van der Waals surface area (Å²) in [6.45, 7) is 6.74. The van der Waals surface area contributed by atoms with E-state index < -0.39 is 11.6 Å². The molecule has 1 saturated heterocycles. The summed E-state index contributed by atoms with van der Waals surface area (Å²) in [6.07, 6.45) is 0. The van der Waals surface area contributed by atoms with Crippen molar-refractivity contribution >= 4 is 12.0 Å². The molecular weight excluding hydrogens is 262 g/mol. The molecule has 0 aromatic heterocycles. The average Bonchev–Trinajstić information content (AvgIpc) is 2.38. The number of nitrogens with zero attached hydrogens (tertiary/aromatic N) is 3. The molecule has 1 atom stereocenters. The molecule has 1 rings (SSSR count). The van der Waals surface area contributed by atoms with E-state index in [0.29, 0.717) is 26.2 Å². The molecule has 7 heteroatoms. The first-order valence-corrected chi connectivity index (χ1v) is 6.60. The lowest BCUT2D eigenvalue weighted by Gasteiger charge is -2.48. The second-order valence-electron chi connectivity index (χ2n) is 5.34. The Bertz CT molecular complexity index is 412. The van der Waals surface area contributed by atoms with Crippen LogP contribution in [0.25, 0.3) is 0 Å². The van der Waals surface area contributed by atoms with Gasteiger partial charge in [-0.05, 0) is 20.8 Å². The van der Waals surface area contributed by atoms with Crippen molar-refractivity contribution < 1.29 is 19.4 Å². The van der Waals surface area contributed by atoms with Crippen LogP contribution >= 0.6 is 0 Å². The molecule has 0 aromatic carbocycles. The zero-order valence-corrected chi connectivity index (χ0v) is 12.1. The Balaban J connectivity index is 2.47. The minimum Gasteiger partial charge on any atom is -0.480 e. The molecule has 2 amide bonds. The fourth-order valence-corrected chi connectivity index (χ4v) is 2.14. The van der Waals surface area contributed by atoms with Crippen molar-refractivity contribution in [3.05, 3.63) is 0 Å². The van der Waals surface area contributed by atoms with Crippen molar-refractivity contribution in [1.29, 1.82) is 5.26 Å². The van der Waals surface area contributed by atoms with Gasteiger partial charge in [0, 0.05) is 13.1 Å². The van der Waals surface area contributed by atoms with Gasteiger partial charge in [0.25, 0.3) is 0 Å². The fraction of sp³-hybridized carbons (Fsp3) is 0.769. The summed E-state index contributed by atoms with van der Waals surface area (Å²) in [5.41, 5.74) is -0.589. The molecule has 1 aliphatic rings. The van der Waals surface area contributed by atoms with Crippen molar-refractivity contribution in [1.82, 2.24) is 9.80 Å². The Labute approximate surface area is 118 Å². The molecule has 0 spiro atoms. The van der Waals surface area contributed by atoms with Crippen LogP contribution in [0.1, 0.15) is 20.8 Å². The highest BCUT2D eigenvalue weighted by Gasteiger charge is 2.44. The number of ether oxygens (including phenoxy) is 1. The second kappa shape index (κ2) is 6.57. The maximum absolute atomic E-state index is 12.2. The van der Waals surface area contributed by atoms with E-state index in [1.807, 2.05) is 6.92 Å². The molecule has 0 radical (unpaired) electrons. The highest BCUT2D eigenvalue weighted by Crippen LogP contribution is 2.25. The van der Waals surface area contributed by atoms with E-state index in [0.717, 1.165) is 0 Å². The second-order valence-corrected chi connectivity index (χ2v) is 5.34. The van der Waals surface area contributed by atoms with E-state index in [4.69, 9.17) is 15.1 Å². The minimum absolute atomic E-state index is 0.133. The van der Waals surface area contributed by atoms with Gasteiger partial charge in [-0.15, -0.1) is 0 Å². The van der Waals surface area contributed by atoms with Gasteiger partial charge in [-0.1, -0.05) is 0 Å². The number of hydrogen-bond donors (Lipinski definition) is 1. The number of aliphatic carboxylic acids is 1. The van der Waals surface area contributed by atoms with E-state index in [1.54, 1.807) is 23.6 Å². The van der Waals surface area contributed by atoms with Crippen LogP contribution in [-0.2, 0) is 9.53 Å². The van der Waals surface area contributed by atoms with Gasteiger partial charge >= 0.3 is 12.0 Å². The zero-order chi connectivity index (χ0) is 15.3. The number of nitriles is 1. The van der Waals surface area contributed by atoms with Gasteiger partial charge in [0.2, 0.25) is 0 Å². The first kappa shape index (κ1) is 16.2. The summed E-state index contributed by atoms with van der Waals surface area (Å²) in [5.74, 6) is -1.23. The van der Waals surface area contributed by atoms with Crippen LogP contribution < -0.4 is 0 Å². The number of urea groups is 1. The maximum atomic E-state index is 12.2. The van der Waals surface area contributed by atoms with Gasteiger partial charge in [-0.3, -0.25) is 0 Å². The van der Waals surface area contributed by atoms with Crippen LogP contribution in [0.2, 0.25) is 0 Å². The third kappa shape index (κ3) is 4.10. The van der Waals surface area contributed by atoms with Gasteiger partial charge in [0.1, 0.15) is 12.2 Å². The van der Waals surface area contributed by atoms with E-state index >= 15 is 0 Å². The number of carboxylic acids is 1. The van der Waals surface area contributed by atoms with Crippen LogP contribution in [-0.4, -0.2) is 65.3 Å². The van der Waals surface area contributed by atoms with Gasteiger partial charge in [-0.25, -0.2) is 9.59 Å². The van der Waals surface area contributed by atoms with Crippen molar-refractivity contribution in [2.45, 2.75) is 26.4 Å². The summed E-state index contributed by atoms with van der Waals surface area (Å²) >= 11 is 0. The normalized spacial score (nSPS) is 17.8. The number of likely N-dealkylation sites (tertiary alicyclic amines) is 1. The molecule has 1 heterocycles. The number of carbonyl (C=O) groups excluding carboxylic acids is 1. The lowest BCUT2D eigenvalue weighted by Crippen LogP contribution is -2.65. The highest BCUT2D eigenvalue weighted by molar-refractivity contribution is 5.76. The summed E-state index contributed by atoms with van der Waals surface area (Å²) in [4.78, 5) is 25.9. The number of amides is 2. The van der Waals surface area contributed by atoms with E-state index in [2.05, 4.69) is 6.07 Å². The lowest BCUT2D eigenvalue weighted by molar-refractivity contribution is -0.160. The molecule has 0 saturated carbocycles. The Morgan fingerprint density at radius 1 is 1.55 bits per heavy atom. The Hall–Kier alpha value is -1.81. The van der Waals surface area contributed by atoms with Gasteiger partial charge in [0.05, 0.1) is 25.1 Å². The lowest BCUT2D eigenvalue weighted by atomic mass is 9.97. The molecule has 20 heavy (non-hydrogen) atoms. The quantitative estimate of drug-likeness (QED) is 0.776. The third-order valence-electron chi connectivity index (χ3n) is 3.23. The molecule has 112 valence electrons. The molecule has 0 bridgehead atoms. The van der Waals surface area contributed by atoms with Crippen LogP contribution in [0.5, 0.6) is 0 Å². The average molecular weight is 283 g/mol. The van der Waals surface area contributed by atoms with Gasteiger partial charge in [-0.2, -0.15) is 5.26 Å². The summed E-state index contributed by atoms with van der Waals surface area (Å²) in [6, 6.07) is 1.97. The first-order chi connectivity index (χ1) is 9.31. The highest BCUT2D eigenvalue weighted by atomic mass is 16.5. The zero-order valence-electron chi connectivity index (χ0n) is 12.1. The third-order valence-corrected chi connectivity index (χ3v) is 3.23. The topological polar surface area (TPSA) is 93.9 Å². The van der Waals surface area contributed by atoms with Crippen LogP contribution in [0, 0.1) is 17.2 Å². The molecule has 1 fully saturated rings. The standard InChI is InChI=1S/C13H21N3O4/c1-4-15(6-10(2)5-14)12(19)16-8-13(3,9-16)20-7-11(17)18/h10H,4,6-9H2,1-3H3,(H,17,18). The molecule has 1 aliphatic heterocycles. The number of hydrogen-bond acceptors (Lipinski definition) is 4. The Morgan fingerprint density at radius 3 is 2.60 bits per heavy atom. The van der Waals surface area contributed by atoms with Gasteiger partial charge in [0.15, 0.2) is 0 Å². The van der Waals surface area contributed by atoms with Gasteiger partial charge < -0.3 is 19.6 Å². The predicted octanol–water partition coefficient (Wildman–Crippen LogP) is 0.763. The molecule has 7 nitrogen and oxygen atoms in total. The predicted molar refractivity (Wildman–Crippen MR) is 71.0 cm³/mol. The van der Waals surface area contributed by atoms with E-state index in [-0.39, 0.29) is 18.6 Å². The summed E-state index contributed by atoms with van der Waals surface area (Å²) in [7, 11) is 0. The van der Waals surface area contributed by atoms with Crippen LogP contribution in [0.3, 0.4) is 0 Å². The summed E-state index contributed by atoms with van der Waals surface area (Å²) in [5, 5.41) is 17.4. The summed E-state index contributed by atoms with van der Waals surface area (Å²) < 4.78 is 5.26. The maximum Gasteiger partial charge on any atom is 0.329 e. The number of rotatable bonds is 6. The molecule has 1 unspecified atom stereocenters. The Morgan fingerprint density at radius 2 is 2.15 bits per heavy atom. The van der Waals surface area contributed by atoms with Crippen molar-refractivity contribution in [3.8, 4) is 6.07 Å². The monoisotopic (exact) mass is 283 g/mol. The van der Waals surface area contributed by atoms with Crippen LogP contribution in [0.15, 0.2) is 0 Å². The van der Waals surface area contributed by atoms with Crippen LogP contribution in [0.4, 0.5) is 4.79 Å². The smallest absolute Gasteiger partial charge is 0.329 e. The largest absolute Gasteiger partial charge is 0.480 e. The SMILES string of the molecule is CCN(CC(C)C#N)C(=O)N1CC(C)(OCC(=O)O)C1. The number of carbonyl (C=O) groups is 2. The minimum atomic E-state index is -1.02. The van der Waals surface area contributed by atoms with Crippen molar-refractivity contribution in [2.75, 3.05) is 32.8 Å². The molecule has 0 aliphatic carbocycles. The molecule has 1 N–H and O–H groups in total. The van der Waals surface area contributed by atoms with E-state index in [9.17, 15) is 9.59 Å². The molecule has 0 aromatic rings. The van der Waals surface area contributed by atoms with Crippen molar-refractivity contribution in [2.24, 2.45) is 5.92 Å². The van der Waals surface area contributed by atoms with Crippen molar-refractivity contribution in [3.63, 3.8) is 0 Å². The fourth-order valence-electron chi connectivity index (χ4n) is 2.14.